The van der Waals surface area contributed by atoms with Gasteiger partial charge in [0.2, 0.25) is 5.91 Å². The zero-order valence-electron chi connectivity index (χ0n) is 12.0. The monoisotopic (exact) mass is 298 g/mol. The number of hydrogen-bond acceptors (Lipinski definition) is 5. The van der Waals surface area contributed by atoms with Crippen LogP contribution in [0.15, 0.2) is 0 Å². The first-order valence-electron chi connectivity index (χ1n) is 7.29. The van der Waals surface area contributed by atoms with E-state index in [2.05, 4.69) is 15.5 Å². The molecule has 2 rings (SSSR count). The highest BCUT2D eigenvalue weighted by Crippen LogP contribution is 2.15. The lowest BCUT2D eigenvalue weighted by molar-refractivity contribution is -0.136. The van der Waals surface area contributed by atoms with E-state index in [9.17, 15) is 14.4 Å². The summed E-state index contributed by atoms with van der Waals surface area (Å²) in [5.74, 6) is -0.598. The molecule has 0 aromatic rings. The van der Waals surface area contributed by atoms with Gasteiger partial charge < -0.3 is 20.6 Å². The van der Waals surface area contributed by atoms with Crippen LogP contribution in [-0.4, -0.2) is 78.6 Å². The van der Waals surface area contributed by atoms with Crippen molar-refractivity contribution in [3.63, 3.8) is 0 Å². The standard InChI is InChI=1S/C13H22N4O4/c18-11-7-15-13(21)17(11)5-4-16-3-1-2-10(9-16)6-14-8-12(19)20/h10,14H,1-9H2,(H,15,21)(H,19,20). The van der Waals surface area contributed by atoms with Crippen molar-refractivity contribution in [2.24, 2.45) is 5.92 Å². The number of likely N-dealkylation sites (tertiary alicyclic amines) is 1. The van der Waals surface area contributed by atoms with Crippen molar-refractivity contribution in [2.75, 3.05) is 45.8 Å². The van der Waals surface area contributed by atoms with Gasteiger partial charge in [-0.25, -0.2) is 4.79 Å². The lowest BCUT2D eigenvalue weighted by Crippen LogP contribution is -2.44. The molecule has 3 N–H and O–H groups in total. The van der Waals surface area contributed by atoms with Crippen molar-refractivity contribution in [1.29, 1.82) is 0 Å². The average molecular weight is 298 g/mol. The van der Waals surface area contributed by atoms with Crippen LogP contribution in [0.1, 0.15) is 12.8 Å². The summed E-state index contributed by atoms with van der Waals surface area (Å²) in [7, 11) is 0. The molecule has 2 heterocycles. The number of carboxylic acid groups (broad SMARTS) is 1. The molecule has 0 saturated carbocycles. The third kappa shape index (κ3) is 4.68. The predicted octanol–water partition coefficient (Wildman–Crippen LogP) is -1.08. The number of piperidine rings is 1. The second-order valence-electron chi connectivity index (χ2n) is 5.54. The van der Waals surface area contributed by atoms with Gasteiger partial charge in [0.25, 0.3) is 0 Å². The molecule has 0 aromatic carbocycles. The number of carbonyl (C=O) groups is 3. The molecule has 2 fully saturated rings. The largest absolute Gasteiger partial charge is 0.480 e. The quantitative estimate of drug-likeness (QED) is 0.517. The van der Waals surface area contributed by atoms with Gasteiger partial charge in [0.15, 0.2) is 0 Å². The van der Waals surface area contributed by atoms with E-state index in [1.165, 1.54) is 4.90 Å². The van der Waals surface area contributed by atoms with E-state index < -0.39 is 5.97 Å². The van der Waals surface area contributed by atoms with Gasteiger partial charge in [-0.15, -0.1) is 0 Å². The summed E-state index contributed by atoms with van der Waals surface area (Å²) < 4.78 is 0. The molecule has 3 amide bonds. The predicted molar refractivity (Wildman–Crippen MR) is 74.8 cm³/mol. The first-order valence-corrected chi connectivity index (χ1v) is 7.29. The van der Waals surface area contributed by atoms with Crippen molar-refractivity contribution < 1.29 is 19.5 Å². The minimum atomic E-state index is -0.846. The van der Waals surface area contributed by atoms with Gasteiger partial charge in [0, 0.05) is 19.6 Å². The minimum Gasteiger partial charge on any atom is -0.480 e. The van der Waals surface area contributed by atoms with Crippen LogP contribution in [0.3, 0.4) is 0 Å². The van der Waals surface area contributed by atoms with E-state index in [0.717, 1.165) is 25.9 Å². The molecule has 8 nitrogen and oxygen atoms in total. The maximum absolute atomic E-state index is 11.5. The van der Waals surface area contributed by atoms with Gasteiger partial charge in [0.05, 0.1) is 13.1 Å². The number of carbonyl (C=O) groups excluding carboxylic acids is 2. The zero-order valence-corrected chi connectivity index (χ0v) is 12.0. The van der Waals surface area contributed by atoms with E-state index in [1.54, 1.807) is 0 Å². The first kappa shape index (κ1) is 15.7. The Morgan fingerprint density at radius 2 is 2.19 bits per heavy atom. The summed E-state index contributed by atoms with van der Waals surface area (Å²) in [6.45, 7) is 3.69. The summed E-state index contributed by atoms with van der Waals surface area (Å²) in [5, 5.41) is 14.0. The van der Waals surface area contributed by atoms with Gasteiger partial charge in [-0.2, -0.15) is 0 Å². The van der Waals surface area contributed by atoms with Crippen LogP contribution in [-0.2, 0) is 9.59 Å². The molecular weight excluding hydrogens is 276 g/mol. The normalized spacial score (nSPS) is 23.4. The molecule has 2 aliphatic rings. The second-order valence-corrected chi connectivity index (χ2v) is 5.54. The molecular formula is C13H22N4O4. The Balaban J connectivity index is 1.70. The number of amides is 3. The van der Waals surface area contributed by atoms with Gasteiger partial charge in [-0.05, 0) is 31.8 Å². The Hall–Kier alpha value is -1.67. The smallest absolute Gasteiger partial charge is 0.324 e. The van der Waals surface area contributed by atoms with Gasteiger partial charge >= 0.3 is 12.0 Å². The van der Waals surface area contributed by atoms with Crippen molar-refractivity contribution in [1.82, 2.24) is 20.4 Å². The number of aliphatic carboxylic acids is 1. The Kier molecular flexibility index (Phi) is 5.51. The molecule has 2 aliphatic heterocycles. The molecule has 1 unspecified atom stereocenters. The lowest BCUT2D eigenvalue weighted by Gasteiger charge is -2.33. The molecule has 8 heteroatoms. The van der Waals surface area contributed by atoms with Crippen LogP contribution in [0.5, 0.6) is 0 Å². The topological polar surface area (TPSA) is 102 Å². The summed E-state index contributed by atoms with van der Waals surface area (Å²) in [4.78, 5) is 36.9. The lowest BCUT2D eigenvalue weighted by atomic mass is 9.98. The number of nitrogens with zero attached hydrogens (tertiary/aromatic N) is 2. The third-order valence-corrected chi connectivity index (χ3v) is 3.89. The maximum atomic E-state index is 11.5. The molecule has 21 heavy (non-hydrogen) atoms. The molecule has 1 atom stereocenters. The fraction of sp³-hybridized carbons (Fsp3) is 0.769. The summed E-state index contributed by atoms with van der Waals surface area (Å²) in [5.41, 5.74) is 0. The van der Waals surface area contributed by atoms with Crippen LogP contribution in [0.4, 0.5) is 4.79 Å². The number of carboxylic acids is 1. The van der Waals surface area contributed by atoms with Crippen LogP contribution in [0, 0.1) is 5.92 Å². The Morgan fingerprint density at radius 1 is 1.38 bits per heavy atom. The molecule has 0 radical (unpaired) electrons. The average Bonchev–Trinajstić information content (AvgIpc) is 2.76. The van der Waals surface area contributed by atoms with Gasteiger partial charge in [-0.3, -0.25) is 14.5 Å². The van der Waals surface area contributed by atoms with Crippen LogP contribution >= 0.6 is 0 Å². The van der Waals surface area contributed by atoms with Gasteiger partial charge in [-0.1, -0.05) is 0 Å². The SMILES string of the molecule is O=C(O)CNCC1CCCN(CCN2C(=O)CNC2=O)C1. The highest BCUT2D eigenvalue weighted by atomic mass is 16.4. The van der Waals surface area contributed by atoms with Crippen molar-refractivity contribution >= 4 is 17.9 Å². The molecule has 0 aromatic heterocycles. The summed E-state index contributed by atoms with van der Waals surface area (Å²) in [6.07, 6.45) is 2.13. The number of hydrogen-bond donors (Lipinski definition) is 3. The van der Waals surface area contributed by atoms with E-state index in [1.807, 2.05) is 0 Å². The summed E-state index contributed by atoms with van der Waals surface area (Å²) in [6, 6.07) is -0.309. The Morgan fingerprint density at radius 3 is 2.86 bits per heavy atom. The number of nitrogens with one attached hydrogen (secondary N) is 2. The molecule has 0 aliphatic carbocycles. The molecule has 118 valence electrons. The molecule has 0 bridgehead atoms. The zero-order chi connectivity index (χ0) is 15.2. The van der Waals surface area contributed by atoms with Gasteiger partial charge in [0.1, 0.15) is 0 Å². The fourth-order valence-electron chi connectivity index (χ4n) is 2.83. The van der Waals surface area contributed by atoms with Crippen molar-refractivity contribution in [3.05, 3.63) is 0 Å². The highest BCUT2D eigenvalue weighted by Gasteiger charge is 2.29. The maximum Gasteiger partial charge on any atom is 0.324 e. The van der Waals surface area contributed by atoms with E-state index >= 15 is 0 Å². The number of rotatable bonds is 7. The number of imide groups is 1. The van der Waals surface area contributed by atoms with Crippen molar-refractivity contribution in [3.8, 4) is 0 Å². The van der Waals surface area contributed by atoms with E-state index in [0.29, 0.717) is 25.6 Å². The molecule has 0 spiro atoms. The number of urea groups is 1. The summed E-state index contributed by atoms with van der Waals surface area (Å²) >= 11 is 0. The first-order chi connectivity index (χ1) is 10.1. The Bertz CT molecular complexity index is 399. The van der Waals surface area contributed by atoms with Crippen molar-refractivity contribution in [2.45, 2.75) is 12.8 Å². The Labute approximate surface area is 123 Å². The van der Waals surface area contributed by atoms with Crippen LogP contribution in [0.25, 0.3) is 0 Å². The molecule has 2 saturated heterocycles. The van der Waals surface area contributed by atoms with Crippen LogP contribution in [0.2, 0.25) is 0 Å². The fourth-order valence-corrected chi connectivity index (χ4v) is 2.83. The second kappa shape index (κ2) is 7.37. The van der Waals surface area contributed by atoms with E-state index in [4.69, 9.17) is 5.11 Å². The minimum absolute atomic E-state index is 0.0149. The van der Waals surface area contributed by atoms with E-state index in [-0.39, 0.29) is 25.0 Å². The third-order valence-electron chi connectivity index (χ3n) is 3.89. The highest BCUT2D eigenvalue weighted by molar-refractivity contribution is 6.01. The van der Waals surface area contributed by atoms with Crippen LogP contribution < -0.4 is 10.6 Å².